The maximum atomic E-state index is 12.5. The van der Waals surface area contributed by atoms with Crippen LogP contribution in [0.5, 0.6) is 23.0 Å². The lowest BCUT2D eigenvalue weighted by atomic mass is 10.1. The number of likely N-dealkylation sites (tertiary alicyclic amines) is 1. The molecule has 0 saturated carbocycles. The molecule has 0 bridgehead atoms. The fourth-order valence-corrected chi connectivity index (χ4v) is 4.14. The van der Waals surface area contributed by atoms with Crippen LogP contribution in [0.4, 0.5) is 0 Å². The van der Waals surface area contributed by atoms with Crippen LogP contribution in [-0.4, -0.2) is 44.2 Å². The summed E-state index contributed by atoms with van der Waals surface area (Å²) in [6.45, 7) is 2.59. The first kappa shape index (κ1) is 22.7. The summed E-state index contributed by atoms with van der Waals surface area (Å²) in [4.78, 5) is 14.9. The Balaban J connectivity index is 1.29. The van der Waals surface area contributed by atoms with Gasteiger partial charge in [-0.3, -0.25) is 9.69 Å². The molecule has 1 aliphatic heterocycles. The number of hydrogen-bond acceptors (Lipinski definition) is 5. The summed E-state index contributed by atoms with van der Waals surface area (Å²) in [6.07, 6.45) is 1.30. The van der Waals surface area contributed by atoms with E-state index >= 15 is 0 Å². The maximum Gasteiger partial charge on any atom is 0.224 e. The summed E-state index contributed by atoms with van der Waals surface area (Å²) in [6, 6.07) is 23.5. The SMILES string of the molecule is COc1cccc(CC(=O)N[C@@H]2CCN(Cc3cccc(Oc4ccccc4OC)c3)C2)c1. The van der Waals surface area contributed by atoms with Crippen molar-refractivity contribution in [3.05, 3.63) is 83.9 Å². The van der Waals surface area contributed by atoms with Crippen molar-refractivity contribution in [2.45, 2.75) is 25.4 Å². The summed E-state index contributed by atoms with van der Waals surface area (Å²) >= 11 is 0. The molecule has 3 aromatic rings. The highest BCUT2D eigenvalue weighted by molar-refractivity contribution is 5.79. The van der Waals surface area contributed by atoms with Crippen LogP contribution in [0.1, 0.15) is 17.5 Å². The molecule has 1 amide bonds. The van der Waals surface area contributed by atoms with Gasteiger partial charge in [-0.25, -0.2) is 0 Å². The van der Waals surface area contributed by atoms with E-state index in [0.29, 0.717) is 17.9 Å². The second-order valence-electron chi connectivity index (χ2n) is 8.22. The lowest BCUT2D eigenvalue weighted by Crippen LogP contribution is -2.37. The van der Waals surface area contributed by atoms with Gasteiger partial charge in [0, 0.05) is 25.7 Å². The third kappa shape index (κ3) is 6.26. The summed E-state index contributed by atoms with van der Waals surface area (Å²) in [5.41, 5.74) is 2.12. The number of amides is 1. The Labute approximate surface area is 195 Å². The Kier molecular flexibility index (Phi) is 7.47. The molecule has 6 nitrogen and oxygen atoms in total. The van der Waals surface area contributed by atoms with Gasteiger partial charge in [-0.15, -0.1) is 0 Å². The van der Waals surface area contributed by atoms with Crippen LogP contribution in [0.3, 0.4) is 0 Å². The second kappa shape index (κ2) is 10.9. The summed E-state index contributed by atoms with van der Waals surface area (Å²) in [5.74, 6) is 2.98. The zero-order chi connectivity index (χ0) is 23.0. The molecule has 6 heteroatoms. The number of carbonyl (C=O) groups is 1. The first-order valence-electron chi connectivity index (χ1n) is 11.2. The van der Waals surface area contributed by atoms with E-state index in [0.717, 1.165) is 43.1 Å². The number of ether oxygens (including phenoxy) is 3. The van der Waals surface area contributed by atoms with Crippen molar-refractivity contribution in [1.29, 1.82) is 0 Å². The number of carbonyl (C=O) groups excluding carboxylic acids is 1. The molecule has 0 unspecified atom stereocenters. The fraction of sp³-hybridized carbons (Fsp3) is 0.296. The molecule has 0 aliphatic carbocycles. The van der Waals surface area contributed by atoms with E-state index in [1.165, 1.54) is 5.56 Å². The molecule has 0 aromatic heterocycles. The van der Waals surface area contributed by atoms with Gasteiger partial charge in [-0.1, -0.05) is 36.4 Å². The van der Waals surface area contributed by atoms with E-state index < -0.39 is 0 Å². The predicted molar refractivity (Wildman–Crippen MR) is 128 cm³/mol. The van der Waals surface area contributed by atoms with Gasteiger partial charge in [0.25, 0.3) is 0 Å². The minimum Gasteiger partial charge on any atom is -0.497 e. The number of hydrogen-bond donors (Lipinski definition) is 1. The van der Waals surface area contributed by atoms with Crippen LogP contribution in [0.25, 0.3) is 0 Å². The van der Waals surface area contributed by atoms with Gasteiger partial charge >= 0.3 is 0 Å². The molecule has 0 radical (unpaired) electrons. The summed E-state index contributed by atoms with van der Waals surface area (Å²) < 4.78 is 16.7. The molecule has 1 fully saturated rings. The molecule has 1 atom stereocenters. The Hall–Kier alpha value is -3.51. The third-order valence-corrected chi connectivity index (χ3v) is 5.74. The zero-order valence-corrected chi connectivity index (χ0v) is 19.1. The van der Waals surface area contributed by atoms with E-state index in [4.69, 9.17) is 14.2 Å². The molecule has 1 heterocycles. The first-order valence-corrected chi connectivity index (χ1v) is 11.2. The van der Waals surface area contributed by atoms with Crippen LogP contribution < -0.4 is 19.5 Å². The quantitative estimate of drug-likeness (QED) is 0.527. The Bertz CT molecular complexity index is 1080. The van der Waals surface area contributed by atoms with E-state index in [-0.39, 0.29) is 11.9 Å². The Morgan fingerprint density at radius 3 is 2.42 bits per heavy atom. The zero-order valence-electron chi connectivity index (χ0n) is 19.1. The van der Waals surface area contributed by atoms with Gasteiger partial charge in [-0.05, 0) is 53.9 Å². The van der Waals surface area contributed by atoms with Gasteiger partial charge in [0.05, 0.1) is 20.6 Å². The fourth-order valence-electron chi connectivity index (χ4n) is 4.14. The largest absolute Gasteiger partial charge is 0.497 e. The number of rotatable bonds is 9. The Morgan fingerprint density at radius 2 is 1.64 bits per heavy atom. The van der Waals surface area contributed by atoms with Gasteiger partial charge in [-0.2, -0.15) is 0 Å². The van der Waals surface area contributed by atoms with Crippen molar-refractivity contribution in [2.24, 2.45) is 0 Å². The third-order valence-electron chi connectivity index (χ3n) is 5.74. The molecule has 172 valence electrons. The van der Waals surface area contributed by atoms with E-state index in [2.05, 4.69) is 22.3 Å². The van der Waals surface area contributed by atoms with Crippen molar-refractivity contribution in [1.82, 2.24) is 10.2 Å². The van der Waals surface area contributed by atoms with Gasteiger partial charge in [0.1, 0.15) is 11.5 Å². The van der Waals surface area contributed by atoms with Crippen LogP contribution in [0, 0.1) is 0 Å². The van der Waals surface area contributed by atoms with Crippen molar-refractivity contribution < 1.29 is 19.0 Å². The number of nitrogens with one attached hydrogen (secondary N) is 1. The monoisotopic (exact) mass is 446 g/mol. The van der Waals surface area contributed by atoms with Gasteiger partial charge < -0.3 is 19.5 Å². The van der Waals surface area contributed by atoms with E-state index in [9.17, 15) is 4.79 Å². The molecule has 1 saturated heterocycles. The average molecular weight is 447 g/mol. The number of methoxy groups -OCH3 is 2. The Morgan fingerprint density at radius 1 is 0.909 bits per heavy atom. The summed E-state index contributed by atoms with van der Waals surface area (Å²) in [7, 11) is 3.27. The number of benzene rings is 3. The highest BCUT2D eigenvalue weighted by atomic mass is 16.5. The number of nitrogens with zero attached hydrogens (tertiary/aromatic N) is 1. The predicted octanol–water partition coefficient (Wildman–Crippen LogP) is 4.43. The minimum absolute atomic E-state index is 0.0438. The van der Waals surface area contributed by atoms with Crippen LogP contribution in [0.2, 0.25) is 0 Å². The normalized spacial score (nSPS) is 15.8. The molecule has 1 aliphatic rings. The maximum absolute atomic E-state index is 12.5. The number of para-hydroxylation sites is 2. The topological polar surface area (TPSA) is 60.0 Å². The van der Waals surface area contributed by atoms with E-state index in [1.54, 1.807) is 14.2 Å². The highest BCUT2D eigenvalue weighted by Gasteiger charge is 2.24. The van der Waals surface area contributed by atoms with Crippen molar-refractivity contribution in [2.75, 3.05) is 27.3 Å². The van der Waals surface area contributed by atoms with Crippen molar-refractivity contribution in [3.8, 4) is 23.0 Å². The molecular weight excluding hydrogens is 416 g/mol. The smallest absolute Gasteiger partial charge is 0.224 e. The van der Waals surface area contributed by atoms with Crippen LogP contribution in [-0.2, 0) is 17.8 Å². The summed E-state index contributed by atoms with van der Waals surface area (Å²) in [5, 5.41) is 3.18. The standard InChI is InChI=1S/C27H30N2O4/c1-31-23-9-5-7-20(15-23)17-27(30)28-22-13-14-29(19-22)18-21-8-6-10-24(16-21)33-26-12-4-3-11-25(26)32-2/h3-12,15-16,22H,13-14,17-19H2,1-2H3,(H,28,30)/t22-/m1/s1. The van der Waals surface area contributed by atoms with Crippen molar-refractivity contribution >= 4 is 5.91 Å². The molecule has 4 rings (SSSR count). The molecule has 1 N–H and O–H groups in total. The highest BCUT2D eigenvalue weighted by Crippen LogP contribution is 2.31. The molecule has 3 aromatic carbocycles. The van der Waals surface area contributed by atoms with Gasteiger partial charge in [0.2, 0.25) is 5.91 Å². The van der Waals surface area contributed by atoms with Crippen molar-refractivity contribution in [3.63, 3.8) is 0 Å². The molecular formula is C27H30N2O4. The molecule has 0 spiro atoms. The van der Waals surface area contributed by atoms with E-state index in [1.807, 2.05) is 60.7 Å². The lowest BCUT2D eigenvalue weighted by molar-refractivity contribution is -0.121. The van der Waals surface area contributed by atoms with Crippen LogP contribution >= 0.6 is 0 Å². The molecule has 33 heavy (non-hydrogen) atoms. The van der Waals surface area contributed by atoms with Gasteiger partial charge in [0.15, 0.2) is 11.5 Å². The lowest BCUT2D eigenvalue weighted by Gasteiger charge is -2.17. The van der Waals surface area contributed by atoms with Crippen LogP contribution in [0.15, 0.2) is 72.8 Å². The first-order chi connectivity index (χ1) is 16.1. The second-order valence-corrected chi connectivity index (χ2v) is 8.22. The minimum atomic E-state index is 0.0438. The average Bonchev–Trinajstić information content (AvgIpc) is 3.26.